The number of nitrogens with zero attached hydrogens (tertiary/aromatic N) is 3. The maximum absolute atomic E-state index is 13.1. The number of rotatable bonds is 2. The van der Waals surface area contributed by atoms with Gasteiger partial charge in [0.25, 0.3) is 5.56 Å². The van der Waals surface area contributed by atoms with Crippen LogP contribution in [0.5, 0.6) is 0 Å². The molecule has 0 bridgehead atoms. The van der Waals surface area contributed by atoms with Crippen LogP contribution in [-0.2, 0) is 9.84 Å². The average Bonchev–Trinajstić information content (AvgIpc) is 2.65. The van der Waals surface area contributed by atoms with Gasteiger partial charge in [-0.2, -0.15) is 10.2 Å². The van der Waals surface area contributed by atoms with Crippen molar-refractivity contribution in [2.24, 2.45) is 0 Å². The minimum absolute atomic E-state index is 0.0688. The van der Waals surface area contributed by atoms with Gasteiger partial charge in [0.05, 0.1) is 38.1 Å². The highest BCUT2D eigenvalue weighted by Gasteiger charge is 2.24. The van der Waals surface area contributed by atoms with Crippen LogP contribution in [0.1, 0.15) is 0 Å². The first-order valence-electron chi connectivity index (χ1n) is 7.43. The molecule has 0 unspecified atom stereocenters. The van der Waals surface area contributed by atoms with E-state index in [9.17, 15) is 23.2 Å². The Kier molecular flexibility index (Phi) is 3.75. The van der Waals surface area contributed by atoms with Crippen molar-refractivity contribution >= 4 is 43.1 Å². The smallest absolute Gasteiger partial charge is 0.362 e. The Morgan fingerprint density at radius 3 is 2.48 bits per heavy atom. The molecule has 2 aromatic carbocycles. The van der Waals surface area contributed by atoms with Gasteiger partial charge < -0.3 is 10.2 Å². The van der Waals surface area contributed by atoms with E-state index in [1.54, 1.807) is 6.07 Å². The molecule has 4 rings (SSSR count). The molecule has 27 heavy (non-hydrogen) atoms. The molecule has 2 aromatic heterocycles. The number of H-pyrrole nitrogens is 1. The Bertz CT molecular complexity index is 1460. The third kappa shape index (κ3) is 2.57. The predicted octanol–water partition coefficient (Wildman–Crippen LogP) is 1.36. The van der Waals surface area contributed by atoms with Gasteiger partial charge in [-0.3, -0.25) is 4.79 Å². The predicted molar refractivity (Wildman–Crippen MR) is 96.0 cm³/mol. The summed E-state index contributed by atoms with van der Waals surface area (Å²) in [5.41, 5.74) is -2.58. The van der Waals surface area contributed by atoms with Crippen LogP contribution >= 0.6 is 11.6 Å². The fraction of sp³-hybridized carbons (Fsp3) is 0. The Morgan fingerprint density at radius 1 is 1.04 bits per heavy atom. The van der Waals surface area contributed by atoms with Gasteiger partial charge >= 0.3 is 5.69 Å². The van der Waals surface area contributed by atoms with Gasteiger partial charge in [-0.05, 0) is 24.3 Å². The van der Waals surface area contributed by atoms with Crippen LogP contribution in [-0.4, -0.2) is 33.5 Å². The number of aromatic amines is 1. The molecular formula is C16H9ClN4O5S. The van der Waals surface area contributed by atoms with Crippen molar-refractivity contribution in [2.75, 3.05) is 0 Å². The summed E-state index contributed by atoms with van der Waals surface area (Å²) in [6.07, 6.45) is 2.91. The van der Waals surface area contributed by atoms with Crippen LogP contribution in [0.2, 0.25) is 5.02 Å². The zero-order chi connectivity index (χ0) is 19.3. The molecule has 0 aliphatic rings. The molecular weight excluding hydrogens is 396 g/mol. The van der Waals surface area contributed by atoms with Crippen molar-refractivity contribution in [1.82, 2.24) is 19.9 Å². The molecule has 0 radical (unpaired) electrons. The SMILES string of the molecule is O=c1[nH]c2c(S(=O)(=O)c3ccc4cnncc4c3)ccc(Cl)c2c(=O)n1O. The molecule has 4 aromatic rings. The van der Waals surface area contributed by atoms with Crippen LogP contribution in [0.15, 0.2) is 62.1 Å². The first-order valence-corrected chi connectivity index (χ1v) is 9.29. The minimum Gasteiger partial charge on any atom is -0.421 e. The van der Waals surface area contributed by atoms with E-state index in [0.29, 0.717) is 10.8 Å². The third-order valence-electron chi connectivity index (χ3n) is 4.07. The van der Waals surface area contributed by atoms with Crippen LogP contribution in [0, 0.1) is 0 Å². The molecule has 2 heterocycles. The Morgan fingerprint density at radius 2 is 1.74 bits per heavy atom. The zero-order valence-corrected chi connectivity index (χ0v) is 14.8. The van der Waals surface area contributed by atoms with E-state index in [1.165, 1.54) is 36.7 Å². The second-order valence-corrected chi connectivity index (χ2v) is 7.95. The number of halogens is 1. The van der Waals surface area contributed by atoms with E-state index in [-0.39, 0.29) is 30.4 Å². The third-order valence-corrected chi connectivity index (χ3v) is 6.17. The molecule has 0 aliphatic carbocycles. The number of aromatic nitrogens is 4. The Balaban J connectivity index is 2.07. The van der Waals surface area contributed by atoms with Crippen LogP contribution in [0.25, 0.3) is 21.7 Å². The van der Waals surface area contributed by atoms with Gasteiger partial charge in [-0.25, -0.2) is 13.2 Å². The van der Waals surface area contributed by atoms with Crippen molar-refractivity contribution < 1.29 is 13.6 Å². The van der Waals surface area contributed by atoms with Crippen molar-refractivity contribution in [1.29, 1.82) is 0 Å². The Hall–Kier alpha value is -3.24. The summed E-state index contributed by atoms with van der Waals surface area (Å²) in [4.78, 5) is 25.7. The lowest BCUT2D eigenvalue weighted by Gasteiger charge is -2.10. The molecule has 0 saturated heterocycles. The molecule has 0 aliphatic heterocycles. The molecule has 0 fully saturated rings. The van der Waals surface area contributed by atoms with Gasteiger partial charge in [0, 0.05) is 10.8 Å². The summed E-state index contributed by atoms with van der Waals surface area (Å²) in [7, 11) is -4.13. The number of fused-ring (bicyclic) bond motifs is 2. The van der Waals surface area contributed by atoms with E-state index in [1.807, 2.05) is 0 Å². The highest BCUT2D eigenvalue weighted by Crippen LogP contribution is 2.30. The largest absolute Gasteiger partial charge is 0.421 e. The average molecular weight is 405 g/mol. The maximum atomic E-state index is 13.1. The molecule has 11 heteroatoms. The normalized spacial score (nSPS) is 11.9. The highest BCUT2D eigenvalue weighted by molar-refractivity contribution is 7.91. The van der Waals surface area contributed by atoms with Crippen LogP contribution in [0.3, 0.4) is 0 Å². The second kappa shape index (κ2) is 5.89. The minimum atomic E-state index is -4.13. The van der Waals surface area contributed by atoms with Gasteiger partial charge in [0.15, 0.2) is 0 Å². The van der Waals surface area contributed by atoms with Gasteiger partial charge in [0.1, 0.15) is 0 Å². The molecule has 136 valence electrons. The van der Waals surface area contributed by atoms with E-state index < -0.39 is 21.1 Å². The molecule has 0 atom stereocenters. The first-order chi connectivity index (χ1) is 12.8. The lowest BCUT2D eigenvalue weighted by molar-refractivity contribution is 0.162. The lowest BCUT2D eigenvalue weighted by Crippen LogP contribution is -2.33. The fourth-order valence-corrected chi connectivity index (χ4v) is 4.43. The number of nitrogens with one attached hydrogen (secondary N) is 1. The van der Waals surface area contributed by atoms with Gasteiger partial charge in [-0.15, -0.1) is 0 Å². The first kappa shape index (κ1) is 17.2. The van der Waals surface area contributed by atoms with Crippen molar-refractivity contribution in [3.8, 4) is 0 Å². The summed E-state index contributed by atoms with van der Waals surface area (Å²) >= 11 is 5.98. The number of hydrogen-bond acceptors (Lipinski definition) is 7. The fourth-order valence-electron chi connectivity index (χ4n) is 2.74. The van der Waals surface area contributed by atoms with Gasteiger partial charge in [-0.1, -0.05) is 22.4 Å². The standard InChI is InChI=1S/C16H9ClN4O5S/c17-11-3-4-12(14-13(11)15(22)21(24)16(23)20-14)27(25,26)10-2-1-8-6-18-19-7-9(8)5-10/h1-7,24H,(H,20,23). The topological polar surface area (TPSA) is 135 Å². The van der Waals surface area contributed by atoms with E-state index >= 15 is 0 Å². The van der Waals surface area contributed by atoms with E-state index in [0.717, 1.165) is 0 Å². The van der Waals surface area contributed by atoms with Crippen molar-refractivity contribution in [3.63, 3.8) is 0 Å². The van der Waals surface area contributed by atoms with E-state index in [2.05, 4.69) is 15.2 Å². The lowest BCUT2D eigenvalue weighted by atomic mass is 10.2. The Labute approximate surface area is 155 Å². The summed E-state index contributed by atoms with van der Waals surface area (Å²) < 4.78 is 26.1. The summed E-state index contributed by atoms with van der Waals surface area (Å²) in [6, 6.07) is 6.75. The number of sulfone groups is 1. The summed E-state index contributed by atoms with van der Waals surface area (Å²) in [5.74, 6) is 0. The van der Waals surface area contributed by atoms with Crippen molar-refractivity contribution in [3.05, 3.63) is 68.6 Å². The van der Waals surface area contributed by atoms with Crippen molar-refractivity contribution in [2.45, 2.75) is 9.79 Å². The molecule has 0 saturated carbocycles. The van der Waals surface area contributed by atoms with E-state index in [4.69, 9.17) is 11.6 Å². The highest BCUT2D eigenvalue weighted by atomic mass is 35.5. The van der Waals surface area contributed by atoms with Crippen LogP contribution < -0.4 is 11.2 Å². The maximum Gasteiger partial charge on any atom is 0.362 e. The molecule has 0 spiro atoms. The number of benzene rings is 2. The molecule has 0 amide bonds. The number of hydrogen-bond donors (Lipinski definition) is 2. The monoisotopic (exact) mass is 404 g/mol. The van der Waals surface area contributed by atoms with Gasteiger partial charge in [0.2, 0.25) is 9.84 Å². The summed E-state index contributed by atoms with van der Waals surface area (Å²) in [5, 5.41) is 17.8. The summed E-state index contributed by atoms with van der Waals surface area (Å²) in [6.45, 7) is 0. The second-order valence-electron chi connectivity index (χ2n) is 5.63. The quantitative estimate of drug-likeness (QED) is 0.481. The molecule has 9 nitrogen and oxygen atoms in total. The van der Waals surface area contributed by atoms with Crippen LogP contribution in [0.4, 0.5) is 0 Å². The zero-order valence-electron chi connectivity index (χ0n) is 13.2. The molecule has 2 N–H and O–H groups in total.